The number of carboxylic acid groups (broad SMARTS) is 2. The van der Waals surface area contributed by atoms with Crippen molar-refractivity contribution in [3.05, 3.63) is 29.3 Å². The first-order valence-electron chi connectivity index (χ1n) is 28.0. The Balaban J connectivity index is 1.03. The largest absolute Gasteiger partial charge is 0.480 e. The molecule has 5 rings (SSSR count). The Morgan fingerprint density at radius 2 is 1.06 bits per heavy atom. The normalized spacial score (nSPS) is 20.2. The fourth-order valence-corrected chi connectivity index (χ4v) is 12.6. The van der Waals surface area contributed by atoms with E-state index in [-0.39, 0.29) is 137 Å². The number of hydrogen-bond donors (Lipinski definition) is 12. The second kappa shape index (κ2) is 36.2. The lowest BCUT2D eigenvalue weighted by Crippen LogP contribution is -2.40. The van der Waals surface area contributed by atoms with Crippen LogP contribution in [-0.4, -0.2) is 187 Å². The molecule has 6 amide bonds. The highest BCUT2D eigenvalue weighted by atomic mass is 32.2. The number of nitrogens with zero attached hydrogens (tertiary/aromatic N) is 2. The summed E-state index contributed by atoms with van der Waals surface area (Å²) in [6.07, 6.45) is 12.5. The second-order valence-electron chi connectivity index (χ2n) is 20.2. The molecule has 0 bridgehead atoms. The molecule has 8 unspecified atom stereocenters. The van der Waals surface area contributed by atoms with E-state index in [4.69, 9.17) is 32.1 Å². The molecule has 1 aromatic rings. The lowest BCUT2D eigenvalue weighted by Gasteiger charge is -2.16. The van der Waals surface area contributed by atoms with Crippen LogP contribution in [0.25, 0.3) is 0 Å². The van der Waals surface area contributed by atoms with E-state index in [1.807, 2.05) is 23.5 Å². The maximum Gasteiger partial charge on any atom is 0.326 e. The van der Waals surface area contributed by atoms with Crippen molar-refractivity contribution in [1.82, 2.24) is 37.2 Å². The summed E-state index contributed by atoms with van der Waals surface area (Å²) in [5.74, 6) is 0.436. The molecule has 0 aromatic heterocycles. The molecular weight excluding hydrogens is 1090 g/mol. The van der Waals surface area contributed by atoms with Gasteiger partial charge in [-0.2, -0.15) is 23.5 Å². The number of amides is 6. The Morgan fingerprint density at radius 1 is 0.593 bits per heavy atom. The van der Waals surface area contributed by atoms with Crippen molar-refractivity contribution in [3.8, 4) is 12.3 Å². The number of carbonyl (C=O) groups excluding carboxylic acids is 6. The molecule has 2 saturated heterocycles. The van der Waals surface area contributed by atoms with Crippen molar-refractivity contribution >= 4 is 88.5 Å². The summed E-state index contributed by atoms with van der Waals surface area (Å²) in [5, 5.41) is 42.8. The fourth-order valence-electron chi connectivity index (χ4n) is 9.58. The zero-order valence-electron chi connectivity index (χ0n) is 46.0. The average molecular weight is 1170 g/mol. The maximum atomic E-state index is 13.5. The zero-order valence-corrected chi connectivity index (χ0v) is 47.6. The smallest absolute Gasteiger partial charge is 0.326 e. The molecule has 4 heterocycles. The van der Waals surface area contributed by atoms with Crippen molar-refractivity contribution in [2.75, 3.05) is 76.1 Å². The van der Waals surface area contributed by atoms with Crippen LogP contribution < -0.4 is 54.0 Å². The number of aliphatic carboxylic acids is 2. The Bertz CT molecular complexity index is 2250. The van der Waals surface area contributed by atoms with Gasteiger partial charge in [0.1, 0.15) is 12.1 Å². The van der Waals surface area contributed by atoms with Gasteiger partial charge in [-0.1, -0.05) is 18.8 Å². The SMILES string of the molecule is C#CCNC(=O)CCOCCOCCOCCCC(=O)Nc1cc(C(=O)NCCCCC(NC(=O)CCCCC2SCC3NC(N)=NC32)C(=O)O)cc(C(=O)NCCCCC(NC(=O)CCCCC2SCC3NC(N)=NC32)C(=O)O)c1. The molecular formula is C54H82N12O13S2. The Labute approximate surface area is 481 Å². The van der Waals surface area contributed by atoms with Gasteiger partial charge in [-0.05, 0) is 88.8 Å². The van der Waals surface area contributed by atoms with Gasteiger partial charge < -0.3 is 78.4 Å². The van der Waals surface area contributed by atoms with Gasteiger partial charge in [-0.25, -0.2) is 19.6 Å². The van der Waals surface area contributed by atoms with Gasteiger partial charge in [0.2, 0.25) is 23.6 Å². The number of nitrogens with two attached hydrogens (primary N) is 2. The molecule has 0 aliphatic carbocycles. The summed E-state index contributed by atoms with van der Waals surface area (Å²) in [6, 6.07) is 2.83. The van der Waals surface area contributed by atoms with Crippen LogP contribution in [0.15, 0.2) is 28.2 Å². The van der Waals surface area contributed by atoms with Crippen LogP contribution in [0.3, 0.4) is 0 Å². The molecule has 4 aliphatic heterocycles. The molecule has 448 valence electrons. The quantitative estimate of drug-likeness (QED) is 0.0324. The third kappa shape index (κ3) is 24.3. The number of fused-ring (bicyclic) bond motifs is 2. The Morgan fingerprint density at radius 3 is 1.54 bits per heavy atom. The van der Waals surface area contributed by atoms with Crippen LogP contribution in [0.4, 0.5) is 5.69 Å². The minimum Gasteiger partial charge on any atom is -0.480 e. The van der Waals surface area contributed by atoms with Crippen LogP contribution in [0.2, 0.25) is 0 Å². The number of aliphatic imine (C=N–C) groups is 2. The predicted molar refractivity (Wildman–Crippen MR) is 309 cm³/mol. The van der Waals surface area contributed by atoms with E-state index < -0.39 is 41.7 Å². The van der Waals surface area contributed by atoms with Crippen molar-refractivity contribution in [2.24, 2.45) is 21.5 Å². The minimum atomic E-state index is -1.16. The highest BCUT2D eigenvalue weighted by Crippen LogP contribution is 2.36. The van der Waals surface area contributed by atoms with Crippen molar-refractivity contribution < 1.29 is 62.8 Å². The lowest BCUT2D eigenvalue weighted by atomic mass is 10.0. The third-order valence-electron chi connectivity index (χ3n) is 13.8. The fraction of sp³-hybridized carbons (Fsp3) is 0.667. The van der Waals surface area contributed by atoms with E-state index >= 15 is 0 Å². The number of rotatable bonds is 41. The number of benzene rings is 1. The lowest BCUT2D eigenvalue weighted by molar-refractivity contribution is -0.142. The molecule has 8 atom stereocenters. The standard InChI is InChI=1S/C54H82N12O13S2/c1-2-20-57-43(67)19-24-78-26-28-79-27-25-77-23-11-18-44(68)60-36-30-34(49(71)58-21-9-7-12-37(51(73)74)61-45(69)16-5-3-14-41-47-39(32-80-41)63-53(55)65-47)29-35(31-36)50(72)59-22-10-8-13-38(52(75)76)62-46(70)17-6-4-15-42-48-40(33-81-42)64-54(56)66-48/h1,29-31,37-42,47-48H,3-28,32-33H2,(H,57,67)(H,58,71)(H,59,72)(H,60,68)(H,61,69)(H,62,70)(H,73,74)(H,75,76)(H3,55,63,65)(H3,56,64,66). The summed E-state index contributed by atoms with van der Waals surface area (Å²) in [4.78, 5) is 110. The molecule has 25 nitrogen and oxygen atoms in total. The third-order valence-corrected chi connectivity index (χ3v) is 16.8. The molecule has 0 spiro atoms. The number of terminal acetylenes is 1. The second-order valence-corrected chi connectivity index (χ2v) is 22.7. The monoisotopic (exact) mass is 1170 g/mol. The Kier molecular flexibility index (Phi) is 29.3. The van der Waals surface area contributed by atoms with Gasteiger partial charge in [0.15, 0.2) is 11.9 Å². The highest BCUT2D eigenvalue weighted by Gasteiger charge is 2.41. The molecule has 2 fully saturated rings. The number of ether oxygens (including phenoxy) is 3. The van der Waals surface area contributed by atoms with E-state index in [1.54, 1.807) is 0 Å². The van der Waals surface area contributed by atoms with E-state index in [2.05, 4.69) is 58.4 Å². The average Bonchev–Trinajstić information content (AvgIpc) is 4.29. The van der Waals surface area contributed by atoms with Crippen LogP contribution in [0, 0.1) is 12.3 Å². The van der Waals surface area contributed by atoms with Crippen molar-refractivity contribution in [1.29, 1.82) is 0 Å². The van der Waals surface area contributed by atoms with Gasteiger partial charge >= 0.3 is 11.9 Å². The molecule has 81 heavy (non-hydrogen) atoms. The van der Waals surface area contributed by atoms with Gasteiger partial charge in [0.05, 0.1) is 63.7 Å². The molecule has 27 heteroatoms. The van der Waals surface area contributed by atoms with Crippen molar-refractivity contribution in [3.63, 3.8) is 0 Å². The first-order chi connectivity index (χ1) is 39.1. The summed E-state index contributed by atoms with van der Waals surface area (Å²) < 4.78 is 16.4. The number of hydrogen-bond acceptors (Lipinski definition) is 19. The number of nitrogens with one attached hydrogen (secondary N) is 8. The predicted octanol–water partition coefficient (Wildman–Crippen LogP) is 1.20. The minimum absolute atomic E-state index is 0.0620. The summed E-state index contributed by atoms with van der Waals surface area (Å²) in [6.45, 7) is 2.13. The maximum absolute atomic E-state index is 13.5. The number of thioether (sulfide) groups is 2. The van der Waals surface area contributed by atoms with Crippen LogP contribution in [0.1, 0.15) is 130 Å². The summed E-state index contributed by atoms with van der Waals surface area (Å²) >= 11 is 3.69. The van der Waals surface area contributed by atoms with Gasteiger partial charge in [0.25, 0.3) is 11.8 Å². The molecule has 0 radical (unpaired) electrons. The molecule has 4 aliphatic rings. The number of carbonyl (C=O) groups is 8. The zero-order chi connectivity index (χ0) is 58.4. The van der Waals surface area contributed by atoms with E-state index in [1.165, 1.54) is 18.2 Å². The van der Waals surface area contributed by atoms with E-state index in [9.17, 15) is 48.6 Å². The van der Waals surface area contributed by atoms with Crippen LogP contribution in [-0.2, 0) is 43.0 Å². The first kappa shape index (κ1) is 65.5. The van der Waals surface area contributed by atoms with Gasteiger partial charge in [0, 0.05) is 84.2 Å². The molecule has 1 aromatic carbocycles. The van der Waals surface area contributed by atoms with E-state index in [0.717, 1.165) is 37.2 Å². The van der Waals surface area contributed by atoms with Gasteiger partial charge in [-0.15, -0.1) is 6.42 Å². The van der Waals surface area contributed by atoms with Crippen molar-refractivity contribution in [2.45, 2.75) is 156 Å². The van der Waals surface area contributed by atoms with E-state index in [0.29, 0.717) is 87.2 Å². The van der Waals surface area contributed by atoms with Gasteiger partial charge in [-0.3, -0.25) is 28.8 Å². The first-order valence-corrected chi connectivity index (χ1v) is 30.1. The number of carboxylic acids is 2. The number of guanidine groups is 2. The summed E-state index contributed by atoms with van der Waals surface area (Å²) in [5.41, 5.74) is 12.0. The van der Waals surface area contributed by atoms with Crippen LogP contribution in [0.5, 0.6) is 0 Å². The Hall–Kier alpha value is -6.34. The van der Waals surface area contributed by atoms with Crippen LogP contribution >= 0.6 is 23.5 Å². The number of unbranched alkanes of at least 4 members (excludes halogenated alkanes) is 4. The summed E-state index contributed by atoms with van der Waals surface area (Å²) in [7, 11) is 0. The number of anilines is 1. The topological polar surface area (TPSA) is 378 Å². The molecule has 0 saturated carbocycles. The molecule has 14 N–H and O–H groups in total. The highest BCUT2D eigenvalue weighted by molar-refractivity contribution is 8.00.